The van der Waals surface area contributed by atoms with E-state index in [4.69, 9.17) is 0 Å². The second kappa shape index (κ2) is 5.51. The summed E-state index contributed by atoms with van der Waals surface area (Å²) < 4.78 is 0. The molecule has 1 spiro atoms. The van der Waals surface area contributed by atoms with E-state index in [1.807, 2.05) is 11.1 Å². The van der Waals surface area contributed by atoms with E-state index in [1.165, 1.54) is 6.42 Å². The number of hydrogen-bond acceptors (Lipinski definition) is 4. The molecule has 1 atom stereocenters. The van der Waals surface area contributed by atoms with Crippen molar-refractivity contribution in [2.45, 2.75) is 32.6 Å². The van der Waals surface area contributed by atoms with E-state index in [2.05, 4.69) is 32.8 Å². The number of H-pyrrole nitrogens is 1. The highest BCUT2D eigenvalue weighted by atomic mass is 16.2. The van der Waals surface area contributed by atoms with E-state index < -0.39 is 0 Å². The Hall–Kier alpha value is -2.11. The lowest BCUT2D eigenvalue weighted by Crippen LogP contribution is -2.54. The maximum absolute atomic E-state index is 12.0. The molecule has 0 bridgehead atoms. The van der Waals surface area contributed by atoms with Crippen LogP contribution in [0.25, 0.3) is 11.0 Å². The summed E-state index contributed by atoms with van der Waals surface area (Å²) in [5.74, 6) is 1.33. The van der Waals surface area contributed by atoms with Crippen LogP contribution in [0, 0.1) is 5.41 Å². The molecule has 0 aromatic carbocycles. The third kappa shape index (κ3) is 2.46. The van der Waals surface area contributed by atoms with Gasteiger partial charge in [-0.1, -0.05) is 0 Å². The van der Waals surface area contributed by atoms with Gasteiger partial charge in [-0.05, 0) is 32.3 Å². The number of amides is 1. The number of carbonyl (C=O) groups excluding carboxylic acids is 1. The standard InChI is InChI=1S/C17H23N5O/c1-2-21-10-17(7-4-14(21)23)6-3-9-22(11-17)16-13-5-8-18-15(13)19-12-20-16/h5,8,12H,2-4,6-7,9-11H2,1H3,(H,18,19,20). The Bertz CT molecular complexity index is 727. The summed E-state index contributed by atoms with van der Waals surface area (Å²) in [6.07, 6.45) is 7.60. The van der Waals surface area contributed by atoms with Crippen LogP contribution in [0.4, 0.5) is 5.82 Å². The number of rotatable bonds is 2. The van der Waals surface area contributed by atoms with Crippen LogP contribution >= 0.6 is 0 Å². The van der Waals surface area contributed by atoms with Gasteiger partial charge >= 0.3 is 0 Å². The van der Waals surface area contributed by atoms with Crippen LogP contribution in [-0.4, -0.2) is 51.9 Å². The number of nitrogens with zero attached hydrogens (tertiary/aromatic N) is 4. The van der Waals surface area contributed by atoms with Crippen molar-refractivity contribution in [3.63, 3.8) is 0 Å². The van der Waals surface area contributed by atoms with Gasteiger partial charge < -0.3 is 14.8 Å². The minimum Gasteiger partial charge on any atom is -0.355 e. The van der Waals surface area contributed by atoms with Crippen molar-refractivity contribution in [1.29, 1.82) is 0 Å². The molecule has 6 nitrogen and oxygen atoms in total. The zero-order valence-electron chi connectivity index (χ0n) is 13.6. The quantitative estimate of drug-likeness (QED) is 0.923. The maximum Gasteiger partial charge on any atom is 0.222 e. The monoisotopic (exact) mass is 313 g/mol. The largest absolute Gasteiger partial charge is 0.355 e. The van der Waals surface area contributed by atoms with Gasteiger partial charge in [0.25, 0.3) is 0 Å². The van der Waals surface area contributed by atoms with E-state index in [0.717, 1.165) is 55.9 Å². The predicted octanol–water partition coefficient (Wildman–Crippen LogP) is 2.19. The Kier molecular flexibility index (Phi) is 3.47. The molecule has 2 aliphatic heterocycles. The molecule has 0 aliphatic carbocycles. The molecule has 0 radical (unpaired) electrons. The van der Waals surface area contributed by atoms with Crippen molar-refractivity contribution < 1.29 is 4.79 Å². The van der Waals surface area contributed by atoms with Gasteiger partial charge in [-0.3, -0.25) is 4.79 Å². The third-order valence-corrected chi connectivity index (χ3v) is 5.42. The first-order valence-electron chi connectivity index (χ1n) is 8.52. The summed E-state index contributed by atoms with van der Waals surface area (Å²) in [5.41, 5.74) is 1.11. The molecule has 6 heteroatoms. The number of aromatic amines is 1. The Morgan fingerprint density at radius 1 is 1.30 bits per heavy atom. The Morgan fingerprint density at radius 2 is 2.22 bits per heavy atom. The number of aromatic nitrogens is 3. The average Bonchev–Trinajstić information content (AvgIpc) is 3.06. The van der Waals surface area contributed by atoms with Crippen LogP contribution in [-0.2, 0) is 4.79 Å². The number of fused-ring (bicyclic) bond motifs is 1. The highest BCUT2D eigenvalue weighted by Crippen LogP contribution is 2.40. The van der Waals surface area contributed by atoms with Crippen molar-refractivity contribution in [1.82, 2.24) is 19.9 Å². The van der Waals surface area contributed by atoms with Crippen molar-refractivity contribution in [3.8, 4) is 0 Å². The molecule has 1 N–H and O–H groups in total. The summed E-state index contributed by atoms with van der Waals surface area (Å²) in [6, 6.07) is 2.05. The van der Waals surface area contributed by atoms with Crippen molar-refractivity contribution in [2.75, 3.05) is 31.1 Å². The SMILES string of the molecule is CCN1CC2(CCCN(c3ncnc4[nH]ccc34)C2)CCC1=O. The fourth-order valence-corrected chi connectivity index (χ4v) is 4.22. The molecule has 122 valence electrons. The fraction of sp³-hybridized carbons (Fsp3) is 0.588. The molecule has 2 aromatic heterocycles. The van der Waals surface area contributed by atoms with Gasteiger partial charge in [0.05, 0.1) is 5.39 Å². The molecule has 1 amide bonds. The van der Waals surface area contributed by atoms with Crippen molar-refractivity contribution in [3.05, 3.63) is 18.6 Å². The average molecular weight is 313 g/mol. The third-order valence-electron chi connectivity index (χ3n) is 5.42. The maximum atomic E-state index is 12.0. The van der Waals surface area contributed by atoms with Gasteiger partial charge in [0, 0.05) is 44.2 Å². The number of hydrogen-bond donors (Lipinski definition) is 1. The lowest BCUT2D eigenvalue weighted by molar-refractivity contribution is -0.137. The normalized spacial score (nSPS) is 25.5. The smallest absolute Gasteiger partial charge is 0.222 e. The molecule has 0 saturated carbocycles. The molecule has 4 heterocycles. The van der Waals surface area contributed by atoms with Crippen molar-refractivity contribution in [2.24, 2.45) is 5.41 Å². The molecule has 2 saturated heterocycles. The van der Waals surface area contributed by atoms with Crippen LogP contribution in [0.15, 0.2) is 18.6 Å². The molecule has 2 aliphatic rings. The van der Waals surface area contributed by atoms with Gasteiger partial charge in [0.1, 0.15) is 17.8 Å². The summed E-state index contributed by atoms with van der Waals surface area (Å²) >= 11 is 0. The van der Waals surface area contributed by atoms with Crippen LogP contribution < -0.4 is 4.90 Å². The lowest BCUT2D eigenvalue weighted by Gasteiger charge is -2.48. The molecule has 2 aromatic rings. The van der Waals surface area contributed by atoms with Crippen LogP contribution in [0.2, 0.25) is 0 Å². The second-order valence-corrected chi connectivity index (χ2v) is 6.87. The molecular weight excluding hydrogens is 290 g/mol. The number of likely N-dealkylation sites (tertiary alicyclic amines) is 1. The van der Waals surface area contributed by atoms with Gasteiger partial charge in [-0.2, -0.15) is 0 Å². The van der Waals surface area contributed by atoms with E-state index >= 15 is 0 Å². The topological polar surface area (TPSA) is 65.1 Å². The minimum atomic E-state index is 0.218. The number of piperidine rings is 2. The van der Waals surface area contributed by atoms with E-state index in [0.29, 0.717) is 12.3 Å². The number of anilines is 1. The summed E-state index contributed by atoms with van der Waals surface area (Å²) in [7, 11) is 0. The Labute approximate surface area is 135 Å². The lowest BCUT2D eigenvalue weighted by atomic mass is 9.73. The Balaban J connectivity index is 1.62. The summed E-state index contributed by atoms with van der Waals surface area (Å²) in [4.78, 5) is 28.5. The van der Waals surface area contributed by atoms with E-state index in [9.17, 15) is 4.79 Å². The second-order valence-electron chi connectivity index (χ2n) is 6.87. The van der Waals surface area contributed by atoms with Crippen molar-refractivity contribution >= 4 is 22.8 Å². The first-order valence-corrected chi connectivity index (χ1v) is 8.52. The fourth-order valence-electron chi connectivity index (χ4n) is 4.22. The van der Waals surface area contributed by atoms with Crippen LogP contribution in [0.5, 0.6) is 0 Å². The first kappa shape index (κ1) is 14.5. The van der Waals surface area contributed by atoms with E-state index in [1.54, 1.807) is 6.33 Å². The minimum absolute atomic E-state index is 0.218. The zero-order chi connectivity index (χ0) is 15.9. The van der Waals surface area contributed by atoms with Gasteiger partial charge in [-0.25, -0.2) is 9.97 Å². The van der Waals surface area contributed by atoms with Crippen LogP contribution in [0.1, 0.15) is 32.6 Å². The first-order chi connectivity index (χ1) is 11.2. The van der Waals surface area contributed by atoms with E-state index in [-0.39, 0.29) is 5.41 Å². The van der Waals surface area contributed by atoms with Gasteiger partial charge in [0.2, 0.25) is 5.91 Å². The molecular formula is C17H23N5O. The zero-order valence-corrected chi connectivity index (χ0v) is 13.6. The summed E-state index contributed by atoms with van der Waals surface area (Å²) in [6.45, 7) is 5.79. The Morgan fingerprint density at radius 3 is 3.09 bits per heavy atom. The van der Waals surface area contributed by atoms with Crippen LogP contribution in [0.3, 0.4) is 0 Å². The predicted molar refractivity (Wildman–Crippen MR) is 89.3 cm³/mol. The van der Waals surface area contributed by atoms with Gasteiger partial charge in [0.15, 0.2) is 0 Å². The molecule has 1 unspecified atom stereocenters. The molecule has 23 heavy (non-hydrogen) atoms. The highest BCUT2D eigenvalue weighted by molar-refractivity contribution is 5.87. The summed E-state index contributed by atoms with van der Waals surface area (Å²) in [5, 5.41) is 1.09. The number of nitrogens with one attached hydrogen (secondary N) is 1. The highest BCUT2D eigenvalue weighted by Gasteiger charge is 2.41. The van der Waals surface area contributed by atoms with Gasteiger partial charge in [-0.15, -0.1) is 0 Å². The number of carbonyl (C=O) groups is 1. The molecule has 4 rings (SSSR count). The molecule has 2 fully saturated rings.